The number of sulfonamides is 1. The number of alkyl halides is 2. The number of rotatable bonds is 12. The predicted octanol–water partition coefficient (Wildman–Crippen LogP) is 3.60. The Balaban J connectivity index is 1.72. The highest BCUT2D eigenvalue weighted by atomic mass is 35.5. The SMILES string of the molecule is O=C(CCNC(=O)C(Cc1ccc(C(F)(F)P(=O)(O)O)cc1)NS(=O)(=O)c1ccccc1)Nc1ccc(Cl)cc1. The van der Waals surface area contributed by atoms with Crippen molar-refractivity contribution in [2.24, 2.45) is 0 Å². The van der Waals surface area contributed by atoms with Crippen LogP contribution in [0.15, 0.2) is 83.8 Å². The Morgan fingerprint density at radius 2 is 1.55 bits per heavy atom. The van der Waals surface area contributed by atoms with E-state index in [1.54, 1.807) is 30.3 Å². The van der Waals surface area contributed by atoms with Crippen LogP contribution in [0.1, 0.15) is 17.5 Å². The van der Waals surface area contributed by atoms with E-state index in [1.807, 2.05) is 0 Å². The molecule has 3 aromatic carbocycles. The zero-order chi connectivity index (χ0) is 29.6. The molecule has 0 aliphatic rings. The molecule has 0 bridgehead atoms. The van der Waals surface area contributed by atoms with Gasteiger partial charge in [-0.1, -0.05) is 54.1 Å². The van der Waals surface area contributed by atoms with Gasteiger partial charge < -0.3 is 20.4 Å². The quantitative estimate of drug-likeness (QED) is 0.194. The van der Waals surface area contributed by atoms with Crippen LogP contribution >= 0.6 is 19.2 Å². The monoisotopic (exact) mass is 615 g/mol. The highest BCUT2D eigenvalue weighted by Crippen LogP contribution is 2.59. The molecule has 15 heteroatoms. The molecule has 2 amide bonds. The smallest absolute Gasteiger partial charge is 0.354 e. The van der Waals surface area contributed by atoms with Crippen molar-refractivity contribution in [1.82, 2.24) is 10.0 Å². The first-order valence-corrected chi connectivity index (χ1v) is 15.1. The number of hydrogen-bond donors (Lipinski definition) is 5. The number of amides is 2. The summed E-state index contributed by atoms with van der Waals surface area (Å²) in [5, 5.41) is 5.60. The normalized spacial score (nSPS) is 12.9. The first-order chi connectivity index (χ1) is 18.7. The summed E-state index contributed by atoms with van der Waals surface area (Å²) in [5.74, 6) is -1.21. The average molecular weight is 616 g/mol. The van der Waals surface area contributed by atoms with E-state index >= 15 is 0 Å². The maximum Gasteiger partial charge on any atom is 0.399 e. The number of benzene rings is 3. The lowest BCUT2D eigenvalue weighted by Crippen LogP contribution is -2.48. The minimum absolute atomic E-state index is 0.119. The van der Waals surface area contributed by atoms with Gasteiger partial charge >= 0.3 is 13.3 Å². The summed E-state index contributed by atoms with van der Waals surface area (Å²) >= 11 is 5.81. The molecule has 0 aliphatic heterocycles. The van der Waals surface area contributed by atoms with Crippen molar-refractivity contribution in [3.63, 3.8) is 0 Å². The van der Waals surface area contributed by atoms with E-state index in [-0.39, 0.29) is 29.8 Å². The van der Waals surface area contributed by atoms with Crippen molar-refractivity contribution < 1.29 is 41.1 Å². The van der Waals surface area contributed by atoms with Crippen LogP contribution in [0.5, 0.6) is 0 Å². The Labute approximate surface area is 234 Å². The zero-order valence-electron chi connectivity index (χ0n) is 20.6. The van der Waals surface area contributed by atoms with E-state index in [9.17, 15) is 31.4 Å². The molecule has 5 N–H and O–H groups in total. The summed E-state index contributed by atoms with van der Waals surface area (Å²) in [6, 6.07) is 15.9. The Morgan fingerprint density at radius 1 is 0.950 bits per heavy atom. The van der Waals surface area contributed by atoms with Crippen LogP contribution in [0.4, 0.5) is 14.5 Å². The lowest BCUT2D eigenvalue weighted by molar-refractivity contribution is -0.122. The van der Waals surface area contributed by atoms with Gasteiger partial charge in [0.15, 0.2) is 0 Å². The lowest BCUT2D eigenvalue weighted by Gasteiger charge is -2.20. The second-order valence-electron chi connectivity index (χ2n) is 8.57. The molecular formula is C25H25ClF2N3O7PS. The number of carbonyl (C=O) groups is 2. The number of nitrogens with one attached hydrogen (secondary N) is 3. The molecule has 214 valence electrons. The zero-order valence-corrected chi connectivity index (χ0v) is 23.1. The number of hydrogen-bond acceptors (Lipinski definition) is 5. The van der Waals surface area contributed by atoms with Gasteiger partial charge in [-0.2, -0.15) is 13.5 Å². The second-order valence-corrected chi connectivity index (χ2v) is 12.4. The molecule has 3 aromatic rings. The molecule has 0 spiro atoms. The fraction of sp³-hybridized carbons (Fsp3) is 0.200. The molecule has 0 saturated carbocycles. The van der Waals surface area contributed by atoms with Crippen molar-refractivity contribution in [3.8, 4) is 0 Å². The van der Waals surface area contributed by atoms with Gasteiger partial charge in [-0.3, -0.25) is 14.2 Å². The van der Waals surface area contributed by atoms with Crippen LogP contribution in [0.2, 0.25) is 5.02 Å². The van der Waals surface area contributed by atoms with Crippen LogP contribution in [0.3, 0.4) is 0 Å². The molecule has 0 saturated heterocycles. The fourth-order valence-corrected chi connectivity index (χ4v) is 5.30. The summed E-state index contributed by atoms with van der Waals surface area (Å²) < 4.78 is 67.2. The number of anilines is 1. The summed E-state index contributed by atoms with van der Waals surface area (Å²) in [7, 11) is -9.97. The summed E-state index contributed by atoms with van der Waals surface area (Å²) in [5.41, 5.74) is -4.66. The summed E-state index contributed by atoms with van der Waals surface area (Å²) in [6.45, 7) is -0.144. The molecule has 0 fully saturated rings. The molecule has 0 radical (unpaired) electrons. The van der Waals surface area contributed by atoms with Gasteiger partial charge in [0.2, 0.25) is 21.8 Å². The number of carbonyl (C=O) groups excluding carboxylic acids is 2. The van der Waals surface area contributed by atoms with E-state index < -0.39 is 46.7 Å². The van der Waals surface area contributed by atoms with Gasteiger partial charge in [0, 0.05) is 29.2 Å². The van der Waals surface area contributed by atoms with E-state index in [2.05, 4.69) is 15.4 Å². The first kappa shape index (κ1) is 31.3. The van der Waals surface area contributed by atoms with Gasteiger partial charge in [0.1, 0.15) is 6.04 Å². The van der Waals surface area contributed by atoms with Crippen LogP contribution < -0.4 is 15.4 Å². The highest BCUT2D eigenvalue weighted by Gasteiger charge is 2.50. The molecule has 0 heterocycles. The largest absolute Gasteiger partial charge is 0.399 e. The van der Waals surface area contributed by atoms with Gasteiger partial charge in [-0.15, -0.1) is 0 Å². The maximum atomic E-state index is 14.0. The molecule has 1 unspecified atom stereocenters. The summed E-state index contributed by atoms with van der Waals surface area (Å²) in [4.78, 5) is 42.9. The predicted molar refractivity (Wildman–Crippen MR) is 144 cm³/mol. The van der Waals surface area contributed by atoms with Crippen molar-refractivity contribution in [1.29, 1.82) is 0 Å². The van der Waals surface area contributed by atoms with Crippen molar-refractivity contribution >= 4 is 46.7 Å². The third-order valence-corrected chi connectivity index (χ3v) is 8.28. The van der Waals surface area contributed by atoms with E-state index in [1.165, 1.54) is 24.3 Å². The first-order valence-electron chi connectivity index (χ1n) is 11.6. The minimum Gasteiger partial charge on any atom is -0.354 e. The van der Waals surface area contributed by atoms with Crippen molar-refractivity contribution in [3.05, 3.63) is 95.0 Å². The molecule has 1 atom stereocenters. The van der Waals surface area contributed by atoms with Gasteiger partial charge in [0.05, 0.1) is 4.90 Å². The van der Waals surface area contributed by atoms with Crippen LogP contribution in [0, 0.1) is 0 Å². The Kier molecular flexibility index (Phi) is 10.2. The van der Waals surface area contributed by atoms with Crippen molar-refractivity contribution in [2.75, 3.05) is 11.9 Å². The molecule has 0 aliphatic carbocycles. The van der Waals surface area contributed by atoms with Gasteiger partial charge in [0.25, 0.3) is 0 Å². The van der Waals surface area contributed by atoms with Crippen LogP contribution in [-0.2, 0) is 36.3 Å². The minimum atomic E-state index is -5.78. The van der Waals surface area contributed by atoms with E-state index in [4.69, 9.17) is 21.4 Å². The molecule has 40 heavy (non-hydrogen) atoms. The fourth-order valence-electron chi connectivity index (χ4n) is 3.47. The molecular weight excluding hydrogens is 591 g/mol. The maximum absolute atomic E-state index is 14.0. The third kappa shape index (κ3) is 8.40. The Hall–Kier alpha value is -3.19. The van der Waals surface area contributed by atoms with Crippen molar-refractivity contribution in [2.45, 2.75) is 29.4 Å². The van der Waals surface area contributed by atoms with Crippen LogP contribution in [0.25, 0.3) is 0 Å². The Bertz CT molecular complexity index is 1490. The molecule has 0 aromatic heterocycles. The van der Waals surface area contributed by atoms with Gasteiger partial charge in [-0.05, 0) is 48.4 Å². The average Bonchev–Trinajstić information content (AvgIpc) is 2.89. The molecule has 10 nitrogen and oxygen atoms in total. The standard InChI is InChI=1S/C25H25ClF2N3O7PS/c26-19-10-12-20(13-11-19)30-23(32)14-15-29-24(33)22(31-40(37,38)21-4-2-1-3-5-21)16-17-6-8-18(9-7-17)25(27,28)39(34,35)36/h1-13,22,31H,14-16H2,(H,29,33)(H,30,32)(H2,34,35,36). The Morgan fingerprint density at radius 3 is 2.12 bits per heavy atom. The van der Waals surface area contributed by atoms with Crippen LogP contribution in [-0.4, -0.2) is 42.6 Å². The number of halogens is 3. The topological polar surface area (TPSA) is 162 Å². The summed E-state index contributed by atoms with van der Waals surface area (Å²) in [6.07, 6.45) is -0.435. The second kappa shape index (κ2) is 13.0. The van der Waals surface area contributed by atoms with E-state index in [0.29, 0.717) is 10.7 Å². The highest BCUT2D eigenvalue weighted by molar-refractivity contribution is 7.89. The van der Waals surface area contributed by atoms with E-state index in [0.717, 1.165) is 24.3 Å². The molecule has 3 rings (SSSR count). The van der Waals surface area contributed by atoms with Gasteiger partial charge in [-0.25, -0.2) is 8.42 Å². The lowest BCUT2D eigenvalue weighted by atomic mass is 10.0. The third-order valence-electron chi connectivity index (χ3n) is 5.55.